The van der Waals surface area contributed by atoms with Crippen LogP contribution < -0.4 is 0 Å². The van der Waals surface area contributed by atoms with Crippen LogP contribution >= 0.6 is 0 Å². The Labute approximate surface area is 367 Å². The van der Waals surface area contributed by atoms with Crippen LogP contribution in [-0.2, 0) is 0 Å². The molecule has 300 valence electrons. The fourth-order valence-corrected chi connectivity index (χ4v) is 9.15. The molecule has 0 amide bonds. The molecule has 0 aliphatic rings. The Morgan fingerprint density at radius 3 is 1.48 bits per heavy atom. The maximum absolute atomic E-state index is 4.98. The monoisotopic (exact) mass is 809 g/mol. The molecule has 5 heteroatoms. The van der Waals surface area contributed by atoms with Crippen molar-refractivity contribution in [3.8, 4) is 56.7 Å². The van der Waals surface area contributed by atoms with Gasteiger partial charge >= 0.3 is 0 Å². The van der Waals surface area contributed by atoms with Gasteiger partial charge in [-0.1, -0.05) is 177 Å². The average molecular weight is 810 g/mol. The highest BCUT2D eigenvalue weighted by molar-refractivity contribution is 6.10. The molecule has 0 N–H and O–H groups in total. The normalized spacial score (nSPS) is 11.8. The van der Waals surface area contributed by atoms with E-state index in [-0.39, 0.29) is 0 Å². The van der Waals surface area contributed by atoms with Crippen molar-refractivity contribution in [2.45, 2.75) is 20.3 Å². The van der Waals surface area contributed by atoms with Crippen LogP contribution in [-0.4, -0.2) is 24.1 Å². The Balaban J connectivity index is 0.959. The van der Waals surface area contributed by atoms with Gasteiger partial charge in [-0.15, -0.1) is 0 Å². The molecule has 0 spiro atoms. The maximum Gasteiger partial charge on any atom is 0.164 e. The summed E-state index contributed by atoms with van der Waals surface area (Å²) >= 11 is 0. The summed E-state index contributed by atoms with van der Waals surface area (Å²) in [5.74, 6) is 1.95. The van der Waals surface area contributed by atoms with Gasteiger partial charge in [0.25, 0.3) is 0 Å². The lowest BCUT2D eigenvalue weighted by Crippen LogP contribution is -2.00. The molecule has 11 aromatic rings. The zero-order chi connectivity index (χ0) is 42.3. The highest BCUT2D eigenvalue weighted by atomic mass is 15.0. The topological polar surface area (TPSA) is 48.5 Å². The third-order valence-electron chi connectivity index (χ3n) is 12.1. The van der Waals surface area contributed by atoms with Gasteiger partial charge in [0.05, 0.1) is 16.6 Å². The molecule has 0 saturated heterocycles. The second-order valence-electron chi connectivity index (χ2n) is 15.9. The summed E-state index contributed by atoms with van der Waals surface area (Å²) in [5, 5.41) is 3.73. The number of benzene rings is 8. The third-order valence-corrected chi connectivity index (χ3v) is 12.1. The minimum atomic E-state index is 0.644. The molecule has 0 bridgehead atoms. The van der Waals surface area contributed by atoms with E-state index in [1.807, 2.05) is 60.7 Å². The van der Waals surface area contributed by atoms with Gasteiger partial charge in [-0.05, 0) is 78.1 Å². The molecule has 0 unspecified atom stereocenters. The summed E-state index contributed by atoms with van der Waals surface area (Å²) in [4.78, 5) is 14.9. The van der Waals surface area contributed by atoms with Gasteiger partial charge in [-0.2, -0.15) is 0 Å². The van der Waals surface area contributed by atoms with Crippen LogP contribution in [0.1, 0.15) is 30.2 Å². The van der Waals surface area contributed by atoms with Crippen LogP contribution in [0.4, 0.5) is 0 Å². The van der Waals surface area contributed by atoms with E-state index in [1.54, 1.807) is 0 Å². The summed E-state index contributed by atoms with van der Waals surface area (Å²) < 4.78 is 4.79. The van der Waals surface area contributed by atoms with Gasteiger partial charge in [0, 0.05) is 55.5 Å². The summed E-state index contributed by atoms with van der Waals surface area (Å²) in [6.45, 7) is 4.46. The second-order valence-corrected chi connectivity index (χ2v) is 15.9. The van der Waals surface area contributed by atoms with Crippen molar-refractivity contribution in [3.63, 3.8) is 0 Å². The maximum atomic E-state index is 4.98. The first kappa shape index (κ1) is 37.8. The van der Waals surface area contributed by atoms with Gasteiger partial charge in [0.15, 0.2) is 17.5 Å². The number of hydrogen-bond donors (Lipinski definition) is 0. The van der Waals surface area contributed by atoms with Crippen molar-refractivity contribution in [3.05, 3.63) is 229 Å². The van der Waals surface area contributed by atoms with E-state index < -0.39 is 0 Å². The molecule has 8 aromatic carbocycles. The minimum Gasteiger partial charge on any atom is -0.313 e. The number of para-hydroxylation sites is 3. The van der Waals surface area contributed by atoms with Gasteiger partial charge in [-0.25, -0.2) is 15.0 Å². The largest absolute Gasteiger partial charge is 0.313 e. The zero-order valence-electron chi connectivity index (χ0n) is 35.2. The van der Waals surface area contributed by atoms with Crippen LogP contribution in [0.25, 0.3) is 94.9 Å². The number of aromatic nitrogens is 5. The minimum absolute atomic E-state index is 0.644. The fraction of sp³-hybridized carbons (Fsp3) is 0.0517. The number of rotatable bonds is 9. The third kappa shape index (κ3) is 6.81. The van der Waals surface area contributed by atoms with Crippen molar-refractivity contribution >= 4 is 38.3 Å². The molecule has 0 aliphatic carbocycles. The molecule has 63 heavy (non-hydrogen) atoms. The number of nitrogens with zero attached hydrogens (tertiary/aromatic N) is 5. The molecule has 3 heterocycles. The van der Waals surface area contributed by atoms with E-state index >= 15 is 0 Å². The quantitative estimate of drug-likeness (QED) is 0.146. The van der Waals surface area contributed by atoms with Crippen LogP contribution in [0.3, 0.4) is 0 Å². The molecule has 11 rings (SSSR count). The van der Waals surface area contributed by atoms with Gasteiger partial charge in [0.1, 0.15) is 0 Å². The van der Waals surface area contributed by atoms with Gasteiger partial charge < -0.3 is 9.13 Å². The second kappa shape index (κ2) is 16.0. The van der Waals surface area contributed by atoms with E-state index in [9.17, 15) is 0 Å². The molecule has 0 aliphatic heterocycles. The zero-order valence-corrected chi connectivity index (χ0v) is 35.2. The Kier molecular flexibility index (Phi) is 9.63. The standard InChI is InChI=1S/C58H43N5/c1-3-17-48(41-28-30-44(31-29-41)58-60-56(42-18-7-4-8-19-42)59-57(61-58)43-20-9-5-10-21-43)55-39(2)62(53-27-16-14-25-51(53)55)47-35-32-40(33-36-47)45-34-37-50-49-24-13-15-26-52(49)63(54(50)38-45)46-22-11-6-12-23-46/h4-38H,3H2,1-2H3/b48-17-. The number of fused-ring (bicyclic) bond motifs is 4. The lowest BCUT2D eigenvalue weighted by molar-refractivity contribution is 1.05. The highest BCUT2D eigenvalue weighted by Crippen LogP contribution is 2.39. The van der Waals surface area contributed by atoms with Crippen LogP contribution in [0.2, 0.25) is 0 Å². The SMILES string of the molecule is CC/C=C(/c1ccc(-c2nc(-c3ccccc3)nc(-c3ccccc3)n2)cc1)c1c(C)n(-c2ccc(-c3ccc4c5ccccc5n(-c5ccccc5)c4c3)cc2)c2ccccc12. The number of hydrogen-bond acceptors (Lipinski definition) is 3. The van der Waals surface area contributed by atoms with E-state index in [0.717, 1.165) is 40.0 Å². The predicted molar refractivity (Wildman–Crippen MR) is 261 cm³/mol. The molecule has 0 radical (unpaired) electrons. The van der Waals surface area contributed by atoms with Crippen molar-refractivity contribution in [1.82, 2.24) is 24.1 Å². The van der Waals surface area contributed by atoms with Crippen molar-refractivity contribution in [2.24, 2.45) is 0 Å². The van der Waals surface area contributed by atoms with Gasteiger partial charge in [0.2, 0.25) is 0 Å². The van der Waals surface area contributed by atoms with E-state index in [0.29, 0.717) is 17.5 Å². The molecule has 3 aromatic heterocycles. The Hall–Kier alpha value is -8.15. The molecule has 5 nitrogen and oxygen atoms in total. The average Bonchev–Trinajstić information content (AvgIpc) is 3.84. The Bertz CT molecular complexity index is 3400. The molecular formula is C58H43N5. The highest BCUT2D eigenvalue weighted by Gasteiger charge is 2.21. The lowest BCUT2D eigenvalue weighted by Gasteiger charge is -2.13. The molecule has 0 fully saturated rings. The first-order valence-electron chi connectivity index (χ1n) is 21.6. The Morgan fingerprint density at radius 1 is 0.413 bits per heavy atom. The Morgan fingerprint density at radius 2 is 0.873 bits per heavy atom. The van der Waals surface area contributed by atoms with E-state index in [4.69, 9.17) is 15.0 Å². The summed E-state index contributed by atoms with van der Waals surface area (Å²) in [6.07, 6.45) is 3.25. The first-order chi connectivity index (χ1) is 31.1. The fourth-order valence-electron chi connectivity index (χ4n) is 9.15. The van der Waals surface area contributed by atoms with Crippen molar-refractivity contribution in [1.29, 1.82) is 0 Å². The van der Waals surface area contributed by atoms with Crippen LogP contribution in [0.15, 0.2) is 212 Å². The summed E-state index contributed by atoms with van der Waals surface area (Å²) in [6, 6.07) is 72.9. The number of allylic oxidation sites excluding steroid dienone is 1. The molecular weight excluding hydrogens is 767 g/mol. The first-order valence-corrected chi connectivity index (χ1v) is 21.6. The predicted octanol–water partition coefficient (Wildman–Crippen LogP) is 14.7. The van der Waals surface area contributed by atoms with E-state index in [1.165, 1.54) is 60.7 Å². The van der Waals surface area contributed by atoms with Crippen molar-refractivity contribution in [2.75, 3.05) is 0 Å². The van der Waals surface area contributed by atoms with Crippen LogP contribution in [0.5, 0.6) is 0 Å². The molecule has 0 saturated carbocycles. The lowest BCUT2D eigenvalue weighted by atomic mass is 9.94. The summed E-state index contributed by atoms with van der Waals surface area (Å²) in [7, 11) is 0. The van der Waals surface area contributed by atoms with Gasteiger partial charge in [-0.3, -0.25) is 0 Å². The van der Waals surface area contributed by atoms with Crippen molar-refractivity contribution < 1.29 is 0 Å². The summed E-state index contributed by atoms with van der Waals surface area (Å²) in [5.41, 5.74) is 15.9. The molecule has 0 atom stereocenters. The van der Waals surface area contributed by atoms with E-state index in [2.05, 4.69) is 175 Å². The van der Waals surface area contributed by atoms with Crippen LogP contribution in [0, 0.1) is 6.92 Å². The smallest absolute Gasteiger partial charge is 0.164 e.